The smallest absolute Gasteiger partial charge is 0.262 e. The SMILES string of the molecule is O=C(COc1ccc(-c2ccccc2)cc1Br)Nc1cccc(Cl)c1Cl. The minimum Gasteiger partial charge on any atom is -0.483 e. The predicted octanol–water partition coefficient (Wildman–Crippen LogP) is 6.44. The van der Waals surface area contributed by atoms with Crippen molar-refractivity contribution in [1.29, 1.82) is 0 Å². The number of carbonyl (C=O) groups is 1. The molecular weight excluding hydrogens is 437 g/mol. The van der Waals surface area contributed by atoms with Crippen LogP contribution in [-0.2, 0) is 4.79 Å². The maximum Gasteiger partial charge on any atom is 0.262 e. The minimum atomic E-state index is -0.326. The van der Waals surface area contributed by atoms with Gasteiger partial charge in [0.25, 0.3) is 5.91 Å². The molecule has 1 N–H and O–H groups in total. The lowest BCUT2D eigenvalue weighted by molar-refractivity contribution is -0.118. The Labute approximate surface area is 170 Å². The van der Waals surface area contributed by atoms with Crippen molar-refractivity contribution in [2.24, 2.45) is 0 Å². The Morgan fingerprint density at radius 3 is 2.46 bits per heavy atom. The molecule has 6 heteroatoms. The summed E-state index contributed by atoms with van der Waals surface area (Å²) in [6, 6.07) is 20.8. The zero-order chi connectivity index (χ0) is 18.5. The van der Waals surface area contributed by atoms with Gasteiger partial charge in [0, 0.05) is 0 Å². The molecule has 1 amide bonds. The molecular formula is C20H14BrCl2NO2. The highest BCUT2D eigenvalue weighted by atomic mass is 79.9. The Hall–Kier alpha value is -2.01. The highest BCUT2D eigenvalue weighted by Crippen LogP contribution is 2.31. The minimum absolute atomic E-state index is 0.147. The maximum atomic E-state index is 12.1. The van der Waals surface area contributed by atoms with Gasteiger partial charge in [-0.15, -0.1) is 0 Å². The number of nitrogens with one attached hydrogen (secondary N) is 1. The monoisotopic (exact) mass is 449 g/mol. The summed E-state index contributed by atoms with van der Waals surface area (Å²) in [6.07, 6.45) is 0. The molecule has 0 radical (unpaired) electrons. The van der Waals surface area contributed by atoms with E-state index in [2.05, 4.69) is 21.2 Å². The normalized spacial score (nSPS) is 10.4. The first kappa shape index (κ1) is 18.8. The zero-order valence-electron chi connectivity index (χ0n) is 13.5. The molecule has 26 heavy (non-hydrogen) atoms. The summed E-state index contributed by atoms with van der Waals surface area (Å²) >= 11 is 15.5. The summed E-state index contributed by atoms with van der Waals surface area (Å²) in [6.45, 7) is -0.147. The van der Waals surface area contributed by atoms with Gasteiger partial charge >= 0.3 is 0 Å². The van der Waals surface area contributed by atoms with Gasteiger partial charge in [-0.2, -0.15) is 0 Å². The van der Waals surface area contributed by atoms with Crippen molar-refractivity contribution >= 4 is 50.7 Å². The number of amides is 1. The van der Waals surface area contributed by atoms with Crippen LogP contribution in [0.1, 0.15) is 0 Å². The summed E-state index contributed by atoms with van der Waals surface area (Å²) in [5, 5.41) is 3.36. The van der Waals surface area contributed by atoms with E-state index in [1.54, 1.807) is 18.2 Å². The molecule has 3 aromatic rings. The van der Waals surface area contributed by atoms with E-state index in [1.807, 2.05) is 48.5 Å². The van der Waals surface area contributed by atoms with Gasteiger partial charge in [-0.05, 0) is 51.3 Å². The topological polar surface area (TPSA) is 38.3 Å². The fraction of sp³-hybridized carbons (Fsp3) is 0.0500. The van der Waals surface area contributed by atoms with Crippen molar-refractivity contribution in [2.45, 2.75) is 0 Å². The van der Waals surface area contributed by atoms with Crippen LogP contribution in [0.2, 0.25) is 10.0 Å². The Bertz CT molecular complexity index is 932. The van der Waals surface area contributed by atoms with Crippen LogP contribution in [-0.4, -0.2) is 12.5 Å². The lowest BCUT2D eigenvalue weighted by Crippen LogP contribution is -2.20. The summed E-state index contributed by atoms with van der Waals surface area (Å²) < 4.78 is 6.37. The molecule has 3 nitrogen and oxygen atoms in total. The Morgan fingerprint density at radius 1 is 0.962 bits per heavy atom. The molecule has 0 spiro atoms. The van der Waals surface area contributed by atoms with Gasteiger partial charge in [0.2, 0.25) is 0 Å². The number of benzene rings is 3. The number of anilines is 1. The predicted molar refractivity (Wildman–Crippen MR) is 110 cm³/mol. The van der Waals surface area contributed by atoms with Gasteiger partial charge in [0.15, 0.2) is 6.61 Å². The first-order chi connectivity index (χ1) is 12.5. The number of hydrogen-bond donors (Lipinski definition) is 1. The third kappa shape index (κ3) is 4.58. The van der Waals surface area contributed by atoms with Crippen molar-refractivity contribution < 1.29 is 9.53 Å². The van der Waals surface area contributed by atoms with Crippen LogP contribution < -0.4 is 10.1 Å². The van der Waals surface area contributed by atoms with E-state index in [-0.39, 0.29) is 12.5 Å². The maximum absolute atomic E-state index is 12.1. The second-order valence-corrected chi connectivity index (χ2v) is 7.09. The molecule has 0 aromatic heterocycles. The van der Waals surface area contributed by atoms with Crippen molar-refractivity contribution in [1.82, 2.24) is 0 Å². The standard InChI is InChI=1S/C20H14BrCl2NO2/c21-15-11-14(13-5-2-1-3-6-13)9-10-18(15)26-12-19(25)24-17-8-4-7-16(22)20(17)23/h1-11H,12H2,(H,24,25). The highest BCUT2D eigenvalue weighted by Gasteiger charge is 2.10. The van der Waals surface area contributed by atoms with Crippen LogP contribution in [0.4, 0.5) is 5.69 Å². The van der Waals surface area contributed by atoms with Crippen molar-refractivity contribution in [3.8, 4) is 16.9 Å². The van der Waals surface area contributed by atoms with Gasteiger partial charge in [-0.25, -0.2) is 0 Å². The first-order valence-electron chi connectivity index (χ1n) is 7.76. The molecule has 0 aliphatic carbocycles. The van der Waals surface area contributed by atoms with E-state index >= 15 is 0 Å². The van der Waals surface area contributed by atoms with Gasteiger partial charge in [-0.1, -0.05) is 65.7 Å². The fourth-order valence-corrected chi connectivity index (χ4v) is 3.20. The molecule has 0 bridgehead atoms. The van der Waals surface area contributed by atoms with Crippen LogP contribution in [0.3, 0.4) is 0 Å². The molecule has 3 aromatic carbocycles. The molecule has 0 aliphatic heterocycles. The molecule has 132 valence electrons. The van der Waals surface area contributed by atoms with Crippen LogP contribution in [0.25, 0.3) is 11.1 Å². The number of halogens is 3. The average molecular weight is 451 g/mol. The van der Waals surface area contributed by atoms with E-state index in [0.717, 1.165) is 15.6 Å². The van der Waals surface area contributed by atoms with E-state index in [1.165, 1.54) is 0 Å². The van der Waals surface area contributed by atoms with E-state index < -0.39 is 0 Å². The third-order valence-electron chi connectivity index (χ3n) is 3.62. The molecule has 0 atom stereocenters. The molecule has 0 heterocycles. The Morgan fingerprint density at radius 2 is 1.73 bits per heavy atom. The molecule has 3 rings (SSSR count). The van der Waals surface area contributed by atoms with Gasteiger partial charge in [-0.3, -0.25) is 4.79 Å². The third-order valence-corrected chi connectivity index (χ3v) is 5.06. The van der Waals surface area contributed by atoms with Crippen LogP contribution in [0.5, 0.6) is 5.75 Å². The molecule has 0 fully saturated rings. The second-order valence-electron chi connectivity index (χ2n) is 5.45. The fourth-order valence-electron chi connectivity index (χ4n) is 2.36. The van der Waals surface area contributed by atoms with E-state index in [4.69, 9.17) is 27.9 Å². The van der Waals surface area contributed by atoms with Crippen LogP contribution >= 0.6 is 39.1 Å². The summed E-state index contributed by atoms with van der Waals surface area (Å²) in [4.78, 5) is 12.1. The number of hydrogen-bond acceptors (Lipinski definition) is 2. The largest absolute Gasteiger partial charge is 0.483 e. The lowest BCUT2D eigenvalue weighted by atomic mass is 10.1. The second kappa shape index (κ2) is 8.58. The van der Waals surface area contributed by atoms with E-state index in [0.29, 0.717) is 21.5 Å². The van der Waals surface area contributed by atoms with Gasteiger partial charge in [0.1, 0.15) is 5.75 Å². The van der Waals surface area contributed by atoms with Crippen molar-refractivity contribution in [3.63, 3.8) is 0 Å². The van der Waals surface area contributed by atoms with Gasteiger partial charge in [0.05, 0.1) is 20.2 Å². The van der Waals surface area contributed by atoms with Crippen molar-refractivity contribution in [2.75, 3.05) is 11.9 Å². The Balaban J connectivity index is 1.64. The number of carbonyl (C=O) groups excluding carboxylic acids is 1. The summed E-state index contributed by atoms with van der Waals surface area (Å²) in [7, 11) is 0. The number of rotatable bonds is 5. The van der Waals surface area contributed by atoms with Gasteiger partial charge < -0.3 is 10.1 Å². The molecule has 0 saturated heterocycles. The molecule has 0 unspecified atom stereocenters. The van der Waals surface area contributed by atoms with Crippen LogP contribution in [0.15, 0.2) is 71.2 Å². The first-order valence-corrected chi connectivity index (χ1v) is 9.31. The van der Waals surface area contributed by atoms with Crippen LogP contribution in [0, 0.1) is 0 Å². The molecule has 0 aliphatic rings. The Kier molecular flexibility index (Phi) is 6.20. The summed E-state index contributed by atoms with van der Waals surface area (Å²) in [5.41, 5.74) is 2.61. The zero-order valence-corrected chi connectivity index (χ0v) is 16.6. The lowest BCUT2D eigenvalue weighted by Gasteiger charge is -2.11. The average Bonchev–Trinajstić information content (AvgIpc) is 2.65. The van der Waals surface area contributed by atoms with Crippen molar-refractivity contribution in [3.05, 3.63) is 81.2 Å². The summed E-state index contributed by atoms with van der Waals surface area (Å²) in [5.74, 6) is 0.255. The molecule has 0 saturated carbocycles. The van der Waals surface area contributed by atoms with E-state index in [9.17, 15) is 4.79 Å². The highest BCUT2D eigenvalue weighted by molar-refractivity contribution is 9.10. The number of ether oxygens (including phenoxy) is 1. The quantitative estimate of drug-likeness (QED) is 0.485.